The van der Waals surface area contributed by atoms with Crippen molar-refractivity contribution in [2.75, 3.05) is 6.61 Å². The first-order chi connectivity index (χ1) is 10.2. The molecule has 0 fully saturated rings. The SMILES string of the molecule is CCOC(=O)C(CC(=O)OC(C)(C)C)Cc1cccnc1Cl. The molecule has 0 N–H and O–H groups in total. The van der Waals surface area contributed by atoms with Crippen molar-refractivity contribution in [3.05, 3.63) is 29.0 Å². The zero-order valence-corrected chi connectivity index (χ0v) is 14.1. The van der Waals surface area contributed by atoms with Crippen molar-refractivity contribution in [1.29, 1.82) is 0 Å². The predicted molar refractivity (Wildman–Crippen MR) is 83.5 cm³/mol. The number of aromatic nitrogens is 1. The Balaban J connectivity index is 2.83. The lowest BCUT2D eigenvalue weighted by atomic mass is 9.97. The fourth-order valence-electron chi connectivity index (χ4n) is 1.92. The molecule has 1 aromatic heterocycles. The maximum atomic E-state index is 12.1. The van der Waals surface area contributed by atoms with Crippen molar-refractivity contribution < 1.29 is 19.1 Å². The topological polar surface area (TPSA) is 65.5 Å². The molecule has 22 heavy (non-hydrogen) atoms. The quantitative estimate of drug-likeness (QED) is 0.593. The molecule has 5 nitrogen and oxygen atoms in total. The van der Waals surface area contributed by atoms with Gasteiger partial charge in [0.05, 0.1) is 18.9 Å². The monoisotopic (exact) mass is 327 g/mol. The van der Waals surface area contributed by atoms with Crippen LogP contribution in [0.15, 0.2) is 18.3 Å². The molecule has 1 aromatic rings. The molecule has 0 bridgehead atoms. The molecule has 0 aliphatic carbocycles. The van der Waals surface area contributed by atoms with Gasteiger partial charge in [0.1, 0.15) is 10.8 Å². The Hall–Kier alpha value is -1.62. The van der Waals surface area contributed by atoms with Crippen LogP contribution in [0.1, 0.15) is 39.7 Å². The number of hydrogen-bond acceptors (Lipinski definition) is 5. The Kier molecular flexibility index (Phi) is 6.81. The van der Waals surface area contributed by atoms with Crippen molar-refractivity contribution in [3.8, 4) is 0 Å². The highest BCUT2D eigenvalue weighted by atomic mass is 35.5. The second kappa shape index (κ2) is 8.13. The van der Waals surface area contributed by atoms with Gasteiger partial charge >= 0.3 is 11.9 Å². The molecule has 0 amide bonds. The highest BCUT2D eigenvalue weighted by Crippen LogP contribution is 2.21. The van der Waals surface area contributed by atoms with E-state index in [1.807, 2.05) is 0 Å². The summed E-state index contributed by atoms with van der Waals surface area (Å²) in [5, 5.41) is 0.320. The predicted octanol–water partition coefficient (Wildman–Crippen LogP) is 3.19. The van der Waals surface area contributed by atoms with Crippen LogP contribution in [0.5, 0.6) is 0 Å². The molecule has 0 aliphatic rings. The van der Waals surface area contributed by atoms with Gasteiger partial charge in [-0.1, -0.05) is 17.7 Å². The first-order valence-corrected chi connectivity index (χ1v) is 7.58. The molecule has 6 heteroatoms. The van der Waals surface area contributed by atoms with Crippen LogP contribution < -0.4 is 0 Å². The van der Waals surface area contributed by atoms with Gasteiger partial charge in [-0.15, -0.1) is 0 Å². The number of carbonyl (C=O) groups is 2. The number of hydrogen-bond donors (Lipinski definition) is 0. The van der Waals surface area contributed by atoms with E-state index in [-0.39, 0.29) is 19.4 Å². The van der Waals surface area contributed by atoms with Crippen molar-refractivity contribution in [3.63, 3.8) is 0 Å². The molecule has 0 aliphatic heterocycles. The molecule has 1 atom stereocenters. The fourth-order valence-corrected chi connectivity index (χ4v) is 2.12. The van der Waals surface area contributed by atoms with E-state index in [1.165, 1.54) is 0 Å². The lowest BCUT2D eigenvalue weighted by molar-refractivity contribution is -0.161. The average Bonchev–Trinajstić information content (AvgIpc) is 2.38. The van der Waals surface area contributed by atoms with E-state index in [9.17, 15) is 9.59 Å². The van der Waals surface area contributed by atoms with E-state index in [4.69, 9.17) is 21.1 Å². The van der Waals surface area contributed by atoms with Crippen LogP contribution in [0.4, 0.5) is 0 Å². The summed E-state index contributed by atoms with van der Waals surface area (Å²) < 4.78 is 10.3. The molecule has 1 unspecified atom stereocenters. The summed E-state index contributed by atoms with van der Waals surface area (Å²) >= 11 is 6.01. The first-order valence-electron chi connectivity index (χ1n) is 7.20. The van der Waals surface area contributed by atoms with E-state index in [0.29, 0.717) is 10.7 Å². The lowest BCUT2D eigenvalue weighted by Crippen LogP contribution is -2.29. The summed E-state index contributed by atoms with van der Waals surface area (Å²) in [4.78, 5) is 28.0. The first kappa shape index (κ1) is 18.4. The van der Waals surface area contributed by atoms with Gasteiger partial charge in [-0.3, -0.25) is 9.59 Å². The van der Waals surface area contributed by atoms with Gasteiger partial charge in [-0.2, -0.15) is 0 Å². The summed E-state index contributed by atoms with van der Waals surface area (Å²) in [6.07, 6.45) is 1.80. The number of rotatable bonds is 6. The normalized spacial score (nSPS) is 12.6. The molecular weight excluding hydrogens is 306 g/mol. The number of pyridine rings is 1. The zero-order chi connectivity index (χ0) is 16.8. The number of halogens is 1. The second-order valence-corrected chi connectivity index (χ2v) is 6.26. The largest absolute Gasteiger partial charge is 0.466 e. The van der Waals surface area contributed by atoms with Crippen LogP contribution in [-0.4, -0.2) is 29.1 Å². The smallest absolute Gasteiger partial charge is 0.309 e. The number of esters is 2. The molecule has 0 spiro atoms. The lowest BCUT2D eigenvalue weighted by Gasteiger charge is -2.21. The molecule has 0 saturated carbocycles. The minimum atomic E-state index is -0.642. The second-order valence-electron chi connectivity index (χ2n) is 5.90. The summed E-state index contributed by atoms with van der Waals surface area (Å²) in [6.45, 7) is 7.32. The molecule has 1 rings (SSSR count). The van der Waals surface area contributed by atoms with Gasteiger partial charge in [-0.05, 0) is 45.7 Å². The van der Waals surface area contributed by atoms with E-state index in [2.05, 4.69) is 4.98 Å². The third-order valence-electron chi connectivity index (χ3n) is 2.76. The van der Waals surface area contributed by atoms with Gasteiger partial charge in [0.2, 0.25) is 0 Å². The highest BCUT2D eigenvalue weighted by molar-refractivity contribution is 6.30. The Morgan fingerprint density at radius 3 is 2.59 bits per heavy atom. The summed E-state index contributed by atoms with van der Waals surface area (Å²) in [6, 6.07) is 3.51. The Labute approximate surface area is 136 Å². The van der Waals surface area contributed by atoms with Crippen LogP contribution in [0.2, 0.25) is 5.15 Å². The standard InChI is InChI=1S/C16H22ClNO4/c1-5-21-15(20)12(10-13(19)22-16(2,3)4)9-11-7-6-8-18-14(11)17/h6-8,12H,5,9-10H2,1-4H3. The van der Waals surface area contributed by atoms with Gasteiger partial charge in [0.25, 0.3) is 0 Å². The molecule has 0 radical (unpaired) electrons. The van der Waals surface area contributed by atoms with Crippen LogP contribution in [0, 0.1) is 5.92 Å². The summed E-state index contributed by atoms with van der Waals surface area (Å²) in [5.41, 5.74) is 0.105. The molecule has 122 valence electrons. The minimum absolute atomic E-state index is 0.0542. The Bertz CT molecular complexity index is 525. The zero-order valence-electron chi connectivity index (χ0n) is 13.4. The minimum Gasteiger partial charge on any atom is -0.466 e. The van der Waals surface area contributed by atoms with E-state index < -0.39 is 23.5 Å². The number of carbonyl (C=O) groups excluding carboxylic acids is 2. The third kappa shape index (κ3) is 6.43. The van der Waals surface area contributed by atoms with E-state index in [1.54, 1.807) is 46.0 Å². The maximum absolute atomic E-state index is 12.1. The number of ether oxygens (including phenoxy) is 2. The van der Waals surface area contributed by atoms with Crippen molar-refractivity contribution in [2.45, 2.75) is 46.1 Å². The summed E-state index contributed by atoms with van der Waals surface area (Å²) in [5.74, 6) is -1.52. The van der Waals surface area contributed by atoms with Crippen molar-refractivity contribution in [2.24, 2.45) is 5.92 Å². The van der Waals surface area contributed by atoms with Gasteiger partial charge in [0.15, 0.2) is 0 Å². The average molecular weight is 328 g/mol. The van der Waals surface area contributed by atoms with Gasteiger partial charge in [0, 0.05) is 6.20 Å². The van der Waals surface area contributed by atoms with Crippen molar-refractivity contribution >= 4 is 23.5 Å². The molecular formula is C16H22ClNO4. The van der Waals surface area contributed by atoms with E-state index in [0.717, 1.165) is 0 Å². The van der Waals surface area contributed by atoms with Gasteiger partial charge in [-0.25, -0.2) is 4.98 Å². The molecule has 1 heterocycles. The summed E-state index contributed by atoms with van der Waals surface area (Å²) in [7, 11) is 0. The maximum Gasteiger partial charge on any atom is 0.309 e. The third-order valence-corrected chi connectivity index (χ3v) is 3.10. The highest BCUT2D eigenvalue weighted by Gasteiger charge is 2.27. The molecule has 0 saturated heterocycles. The fraction of sp³-hybridized carbons (Fsp3) is 0.562. The Morgan fingerprint density at radius 1 is 1.36 bits per heavy atom. The number of nitrogens with zero attached hydrogens (tertiary/aromatic N) is 1. The van der Waals surface area contributed by atoms with Crippen LogP contribution in [0.25, 0.3) is 0 Å². The van der Waals surface area contributed by atoms with Gasteiger partial charge < -0.3 is 9.47 Å². The molecule has 0 aromatic carbocycles. The van der Waals surface area contributed by atoms with Crippen LogP contribution in [-0.2, 0) is 25.5 Å². The van der Waals surface area contributed by atoms with Crippen LogP contribution in [0.3, 0.4) is 0 Å². The van der Waals surface area contributed by atoms with E-state index >= 15 is 0 Å². The van der Waals surface area contributed by atoms with Crippen LogP contribution >= 0.6 is 11.6 Å². The Morgan fingerprint density at radius 2 is 2.05 bits per heavy atom. The van der Waals surface area contributed by atoms with Crippen molar-refractivity contribution in [1.82, 2.24) is 4.98 Å².